The Labute approximate surface area is 194 Å². The molecule has 0 aliphatic carbocycles. The van der Waals surface area contributed by atoms with Gasteiger partial charge in [0.2, 0.25) is 11.8 Å². The van der Waals surface area contributed by atoms with Gasteiger partial charge in [-0.05, 0) is 30.2 Å². The molecule has 0 spiro atoms. The van der Waals surface area contributed by atoms with Crippen LogP contribution in [0.15, 0.2) is 59.1 Å². The zero-order chi connectivity index (χ0) is 23.3. The molecule has 2 atom stereocenters. The minimum Gasteiger partial charge on any atom is -0.468 e. The van der Waals surface area contributed by atoms with Crippen molar-refractivity contribution in [1.82, 2.24) is 5.32 Å². The van der Waals surface area contributed by atoms with Gasteiger partial charge in [0.1, 0.15) is 5.92 Å². The summed E-state index contributed by atoms with van der Waals surface area (Å²) in [7, 11) is 1.18. The predicted octanol–water partition coefficient (Wildman–Crippen LogP) is 3.76. The van der Waals surface area contributed by atoms with Gasteiger partial charge < -0.3 is 15.4 Å². The van der Waals surface area contributed by atoms with E-state index in [0.717, 1.165) is 17.3 Å². The Morgan fingerprint density at radius 3 is 2.56 bits per heavy atom. The van der Waals surface area contributed by atoms with Crippen LogP contribution >= 0.6 is 23.4 Å². The van der Waals surface area contributed by atoms with Crippen LogP contribution in [0.2, 0.25) is 5.02 Å². The second-order valence-corrected chi connectivity index (χ2v) is 8.39. The summed E-state index contributed by atoms with van der Waals surface area (Å²) < 4.78 is 4.81. The number of carbonyl (C=O) groups is 3. The number of methoxy groups -OCH3 is 1. The Hall–Kier alpha value is -3.28. The maximum Gasteiger partial charge on any atom is 0.319 e. The Morgan fingerprint density at radius 1 is 1.22 bits per heavy atom. The van der Waals surface area contributed by atoms with E-state index in [2.05, 4.69) is 16.7 Å². The Morgan fingerprint density at radius 2 is 1.91 bits per heavy atom. The van der Waals surface area contributed by atoms with Gasteiger partial charge in [-0.1, -0.05) is 59.8 Å². The van der Waals surface area contributed by atoms with Crippen molar-refractivity contribution in [3.8, 4) is 6.07 Å². The van der Waals surface area contributed by atoms with E-state index in [1.54, 1.807) is 30.3 Å². The number of nitriles is 1. The van der Waals surface area contributed by atoms with Crippen LogP contribution in [-0.4, -0.2) is 30.6 Å². The van der Waals surface area contributed by atoms with E-state index in [4.69, 9.17) is 16.3 Å². The van der Waals surface area contributed by atoms with Crippen LogP contribution in [0, 0.1) is 24.2 Å². The maximum absolute atomic E-state index is 12.8. The lowest BCUT2D eigenvalue weighted by molar-refractivity contribution is -0.150. The van der Waals surface area contributed by atoms with Crippen LogP contribution in [0.5, 0.6) is 0 Å². The summed E-state index contributed by atoms with van der Waals surface area (Å²) >= 11 is 7.34. The number of para-hydroxylation sites is 1. The smallest absolute Gasteiger partial charge is 0.319 e. The fourth-order valence-corrected chi connectivity index (χ4v) is 4.52. The van der Waals surface area contributed by atoms with Gasteiger partial charge in [0.05, 0.1) is 29.5 Å². The topological polar surface area (TPSA) is 108 Å². The third-order valence-corrected chi connectivity index (χ3v) is 6.35. The molecule has 1 aliphatic rings. The largest absolute Gasteiger partial charge is 0.468 e. The molecule has 0 saturated heterocycles. The summed E-state index contributed by atoms with van der Waals surface area (Å²) in [6, 6.07) is 16.1. The molecule has 2 aromatic rings. The highest BCUT2D eigenvalue weighted by atomic mass is 35.5. The van der Waals surface area contributed by atoms with Crippen molar-refractivity contribution in [3.05, 3.63) is 75.3 Å². The summed E-state index contributed by atoms with van der Waals surface area (Å²) in [6.07, 6.45) is 0. The van der Waals surface area contributed by atoms with Crippen molar-refractivity contribution in [2.75, 3.05) is 18.2 Å². The number of halogens is 1. The molecule has 1 heterocycles. The van der Waals surface area contributed by atoms with Crippen molar-refractivity contribution < 1.29 is 19.1 Å². The van der Waals surface area contributed by atoms with E-state index < -0.39 is 23.7 Å². The highest BCUT2D eigenvalue weighted by molar-refractivity contribution is 8.03. The lowest BCUT2D eigenvalue weighted by Gasteiger charge is -2.31. The lowest BCUT2D eigenvalue weighted by atomic mass is 9.78. The molecule has 1 aliphatic heterocycles. The van der Waals surface area contributed by atoms with E-state index in [0.29, 0.717) is 16.3 Å². The summed E-state index contributed by atoms with van der Waals surface area (Å²) in [4.78, 5) is 37.7. The number of carbonyl (C=O) groups excluding carboxylic acids is 3. The van der Waals surface area contributed by atoms with Gasteiger partial charge in [-0.25, -0.2) is 0 Å². The second-order valence-electron chi connectivity index (χ2n) is 7.00. The summed E-state index contributed by atoms with van der Waals surface area (Å²) in [5.74, 6) is -3.96. The molecule has 2 unspecified atom stereocenters. The number of nitrogens with zero attached hydrogens (tertiary/aromatic N) is 1. The number of aryl methyl sites for hydroxylation is 1. The highest BCUT2D eigenvalue weighted by Crippen LogP contribution is 2.42. The normalized spacial score (nSPS) is 17.9. The SMILES string of the molecule is COC(=O)C1C(=O)NC(SCC(=O)Nc2ccccc2C)=C(C#N)C1c1ccccc1Cl. The quantitative estimate of drug-likeness (QED) is 0.492. The van der Waals surface area contributed by atoms with E-state index in [1.807, 2.05) is 25.1 Å². The molecule has 2 aromatic carbocycles. The molecular formula is C23H20ClN3O4S. The first-order chi connectivity index (χ1) is 15.4. The number of ether oxygens (including phenoxy) is 1. The molecule has 0 bridgehead atoms. The minimum atomic E-state index is -1.28. The lowest BCUT2D eigenvalue weighted by Crippen LogP contribution is -2.44. The molecular weight excluding hydrogens is 450 g/mol. The molecule has 0 radical (unpaired) electrons. The minimum absolute atomic E-state index is 0.0484. The second kappa shape index (κ2) is 10.4. The first-order valence-electron chi connectivity index (χ1n) is 9.63. The standard InChI is InChI=1S/C23H20ClN3O4S/c1-13-7-3-6-10-17(13)26-18(28)12-32-22-15(11-25)19(14-8-4-5-9-16(14)24)20(21(29)27-22)23(30)31-2/h3-10,19-20H,12H2,1-2H3,(H,26,28)(H,27,29). The first-order valence-corrected chi connectivity index (χ1v) is 11.0. The van der Waals surface area contributed by atoms with Gasteiger partial charge in [-0.15, -0.1) is 0 Å². The number of benzene rings is 2. The number of allylic oxidation sites excluding steroid dienone is 1. The number of amides is 2. The number of nitrogens with one attached hydrogen (secondary N) is 2. The van der Waals surface area contributed by atoms with Crippen molar-refractivity contribution in [2.24, 2.45) is 5.92 Å². The number of hydrogen-bond donors (Lipinski definition) is 2. The van der Waals surface area contributed by atoms with Crippen LogP contribution in [-0.2, 0) is 19.1 Å². The van der Waals surface area contributed by atoms with Crippen molar-refractivity contribution in [1.29, 1.82) is 5.26 Å². The van der Waals surface area contributed by atoms with E-state index >= 15 is 0 Å². The van der Waals surface area contributed by atoms with Gasteiger partial charge in [0, 0.05) is 16.6 Å². The van der Waals surface area contributed by atoms with Gasteiger partial charge in [0.25, 0.3) is 0 Å². The van der Waals surface area contributed by atoms with Crippen molar-refractivity contribution in [2.45, 2.75) is 12.8 Å². The average molecular weight is 470 g/mol. The molecule has 32 heavy (non-hydrogen) atoms. The molecule has 0 aromatic heterocycles. The van der Waals surface area contributed by atoms with Gasteiger partial charge in [-0.2, -0.15) is 5.26 Å². The summed E-state index contributed by atoms with van der Waals surface area (Å²) in [6.45, 7) is 1.88. The molecule has 2 amide bonds. The van der Waals surface area contributed by atoms with Crippen molar-refractivity contribution >= 4 is 46.8 Å². The van der Waals surface area contributed by atoms with Crippen LogP contribution in [0.25, 0.3) is 0 Å². The first kappa shape index (κ1) is 23.4. The van der Waals surface area contributed by atoms with E-state index in [1.165, 1.54) is 7.11 Å². The zero-order valence-electron chi connectivity index (χ0n) is 17.3. The van der Waals surface area contributed by atoms with E-state index in [9.17, 15) is 19.6 Å². The number of rotatable bonds is 6. The fraction of sp³-hybridized carbons (Fsp3) is 0.217. The zero-order valence-corrected chi connectivity index (χ0v) is 18.9. The summed E-state index contributed by atoms with van der Waals surface area (Å²) in [5.41, 5.74) is 2.19. The van der Waals surface area contributed by atoms with Gasteiger partial charge in [0.15, 0.2) is 0 Å². The van der Waals surface area contributed by atoms with Crippen molar-refractivity contribution in [3.63, 3.8) is 0 Å². The monoisotopic (exact) mass is 469 g/mol. The molecule has 2 N–H and O–H groups in total. The molecule has 0 fully saturated rings. The number of thioether (sulfide) groups is 1. The van der Waals surface area contributed by atoms with Crippen LogP contribution < -0.4 is 10.6 Å². The molecule has 164 valence electrons. The molecule has 3 rings (SSSR count). The number of hydrogen-bond acceptors (Lipinski definition) is 6. The third kappa shape index (κ3) is 4.96. The molecule has 7 nitrogen and oxygen atoms in total. The molecule has 0 saturated carbocycles. The highest BCUT2D eigenvalue weighted by Gasteiger charge is 2.45. The van der Waals surface area contributed by atoms with Crippen LogP contribution in [0.1, 0.15) is 17.0 Å². The fourth-order valence-electron chi connectivity index (χ4n) is 3.42. The maximum atomic E-state index is 12.8. The van der Waals surface area contributed by atoms with Crippen LogP contribution in [0.4, 0.5) is 5.69 Å². The van der Waals surface area contributed by atoms with Gasteiger partial charge in [-0.3, -0.25) is 14.4 Å². The average Bonchev–Trinajstić information content (AvgIpc) is 2.78. The Bertz CT molecular complexity index is 1140. The Balaban J connectivity index is 1.92. The summed E-state index contributed by atoms with van der Waals surface area (Å²) in [5, 5.41) is 15.8. The van der Waals surface area contributed by atoms with Crippen LogP contribution in [0.3, 0.4) is 0 Å². The number of anilines is 1. The predicted molar refractivity (Wildman–Crippen MR) is 123 cm³/mol. The van der Waals surface area contributed by atoms with Gasteiger partial charge >= 0.3 is 5.97 Å². The number of esters is 1. The molecule has 9 heteroatoms. The van der Waals surface area contributed by atoms with E-state index in [-0.39, 0.29) is 22.3 Å². The Kier molecular flexibility index (Phi) is 7.57. The third-order valence-electron chi connectivity index (χ3n) is 4.99.